The normalized spacial score (nSPS) is 18.0. The number of ether oxygens (including phenoxy) is 3. The van der Waals surface area contributed by atoms with Crippen molar-refractivity contribution in [2.45, 2.75) is 51.1 Å². The highest BCUT2D eigenvalue weighted by molar-refractivity contribution is 5.91. The lowest BCUT2D eigenvalue weighted by molar-refractivity contribution is -0.146. The number of hydrogen-bond acceptors (Lipinski definition) is 5. The predicted octanol–water partition coefficient (Wildman–Crippen LogP) is 3.74. The number of aromatic nitrogens is 1. The summed E-state index contributed by atoms with van der Waals surface area (Å²) in [6, 6.07) is 16.7. The number of rotatable bonds is 11. The number of aryl methyl sites for hydroxylation is 1. The van der Waals surface area contributed by atoms with Crippen LogP contribution >= 0.6 is 0 Å². The van der Waals surface area contributed by atoms with Crippen LogP contribution < -0.4 is 10.1 Å². The van der Waals surface area contributed by atoms with Crippen molar-refractivity contribution in [1.29, 1.82) is 0 Å². The van der Waals surface area contributed by atoms with Gasteiger partial charge in [-0.3, -0.25) is 4.79 Å². The molecule has 2 fully saturated rings. The maximum atomic E-state index is 13.4. The molecule has 1 aliphatic carbocycles. The molecule has 0 unspecified atom stereocenters. The largest absolute Gasteiger partial charge is 0.488 e. The fraction of sp³-hybridized carbons (Fsp3) is 0.464. The van der Waals surface area contributed by atoms with Gasteiger partial charge in [0, 0.05) is 63.1 Å². The van der Waals surface area contributed by atoms with Crippen LogP contribution in [0.3, 0.4) is 0 Å². The number of carbonyl (C=O) groups excluding carboxylic acids is 1. The van der Waals surface area contributed by atoms with Crippen molar-refractivity contribution in [3.8, 4) is 5.75 Å². The molecule has 3 aromatic rings. The molecule has 0 bridgehead atoms. The van der Waals surface area contributed by atoms with E-state index in [1.165, 1.54) is 0 Å². The minimum atomic E-state index is -0.409. The van der Waals surface area contributed by atoms with Crippen molar-refractivity contribution >= 4 is 16.8 Å². The highest BCUT2D eigenvalue weighted by atomic mass is 16.5. The van der Waals surface area contributed by atoms with Crippen LogP contribution in [0.2, 0.25) is 0 Å². The van der Waals surface area contributed by atoms with Gasteiger partial charge in [0.1, 0.15) is 18.5 Å². The summed E-state index contributed by atoms with van der Waals surface area (Å²) in [5.74, 6) is 0.938. The fourth-order valence-corrected chi connectivity index (χ4v) is 4.81. The van der Waals surface area contributed by atoms with Crippen LogP contribution in [-0.2, 0) is 34.0 Å². The monoisotopic (exact) mass is 477 g/mol. The van der Waals surface area contributed by atoms with Crippen LogP contribution in [-0.4, -0.2) is 60.9 Å². The van der Waals surface area contributed by atoms with Crippen LogP contribution in [0.5, 0.6) is 5.75 Å². The number of methoxy groups -OCH3 is 1. The summed E-state index contributed by atoms with van der Waals surface area (Å²) < 4.78 is 19.7. The topological polar surface area (TPSA) is 65.0 Å². The first-order valence-electron chi connectivity index (χ1n) is 12.6. The molecule has 1 atom stereocenters. The number of morpholine rings is 1. The van der Waals surface area contributed by atoms with Crippen LogP contribution in [0, 0.1) is 0 Å². The molecule has 1 saturated carbocycles. The number of amides is 1. The Hall–Kier alpha value is -2.87. The number of hydrogen-bond donors (Lipinski definition) is 1. The van der Waals surface area contributed by atoms with Crippen molar-refractivity contribution < 1.29 is 19.0 Å². The molecular formula is C28H35N3O4. The Morgan fingerprint density at radius 1 is 1.17 bits per heavy atom. The van der Waals surface area contributed by atoms with E-state index in [0.29, 0.717) is 32.9 Å². The van der Waals surface area contributed by atoms with Crippen LogP contribution in [0.15, 0.2) is 54.7 Å². The zero-order chi connectivity index (χ0) is 24.0. The van der Waals surface area contributed by atoms with Gasteiger partial charge in [0.25, 0.3) is 5.91 Å². The second-order valence-electron chi connectivity index (χ2n) is 9.38. The molecule has 7 heteroatoms. The van der Waals surface area contributed by atoms with E-state index in [0.717, 1.165) is 60.1 Å². The molecule has 7 nitrogen and oxygen atoms in total. The second-order valence-corrected chi connectivity index (χ2v) is 9.38. The van der Waals surface area contributed by atoms with E-state index < -0.39 is 6.10 Å². The average Bonchev–Trinajstić information content (AvgIpc) is 3.69. The molecule has 0 spiro atoms. The van der Waals surface area contributed by atoms with Gasteiger partial charge in [0.15, 0.2) is 0 Å². The van der Waals surface area contributed by atoms with Crippen molar-refractivity contribution in [3.05, 3.63) is 65.9 Å². The van der Waals surface area contributed by atoms with E-state index in [2.05, 4.69) is 34.3 Å². The van der Waals surface area contributed by atoms with Gasteiger partial charge in [0.2, 0.25) is 0 Å². The van der Waals surface area contributed by atoms with Crippen molar-refractivity contribution in [1.82, 2.24) is 14.8 Å². The minimum Gasteiger partial charge on any atom is -0.488 e. The lowest BCUT2D eigenvalue weighted by Crippen LogP contribution is -2.49. The number of nitrogens with one attached hydrogen (secondary N) is 1. The average molecular weight is 478 g/mol. The van der Waals surface area contributed by atoms with Crippen molar-refractivity contribution in [3.63, 3.8) is 0 Å². The highest BCUT2D eigenvalue weighted by Gasteiger charge is 2.37. The first-order valence-corrected chi connectivity index (χ1v) is 12.6. The van der Waals surface area contributed by atoms with E-state index >= 15 is 0 Å². The molecule has 35 heavy (non-hydrogen) atoms. The Labute approximate surface area is 206 Å². The van der Waals surface area contributed by atoms with Gasteiger partial charge in [-0.2, -0.15) is 0 Å². The quantitative estimate of drug-likeness (QED) is 0.427. The van der Waals surface area contributed by atoms with Crippen molar-refractivity contribution in [2.75, 3.05) is 33.4 Å². The summed E-state index contributed by atoms with van der Waals surface area (Å²) in [7, 11) is 1.73. The summed E-state index contributed by atoms with van der Waals surface area (Å²) >= 11 is 0. The van der Waals surface area contributed by atoms with Crippen LogP contribution in [0.1, 0.15) is 30.4 Å². The maximum Gasteiger partial charge on any atom is 0.253 e. The molecule has 1 aliphatic heterocycles. The molecule has 1 amide bonds. The Morgan fingerprint density at radius 3 is 2.77 bits per heavy atom. The van der Waals surface area contributed by atoms with Crippen LogP contribution in [0.25, 0.3) is 10.9 Å². The first kappa shape index (κ1) is 23.9. The molecule has 5 rings (SSSR count). The van der Waals surface area contributed by atoms with Crippen molar-refractivity contribution in [2.24, 2.45) is 0 Å². The van der Waals surface area contributed by atoms with E-state index in [9.17, 15) is 4.79 Å². The highest BCUT2D eigenvalue weighted by Crippen LogP contribution is 2.35. The number of fused-ring (bicyclic) bond motifs is 1. The molecule has 1 saturated heterocycles. The SMILES string of the molecule is COCCCn1cc(CN(C(=O)[C@H]2CNCCO2)C2CC2)c2c(OCc3ccccc3)cccc21. The Bertz CT molecular complexity index is 1120. The molecule has 1 N–H and O–H groups in total. The van der Waals surface area contributed by atoms with Gasteiger partial charge in [0.05, 0.1) is 12.1 Å². The zero-order valence-corrected chi connectivity index (χ0v) is 20.4. The van der Waals surface area contributed by atoms with Gasteiger partial charge < -0.3 is 29.0 Å². The molecule has 2 aromatic carbocycles. The Kier molecular flexibility index (Phi) is 7.66. The smallest absolute Gasteiger partial charge is 0.253 e. The minimum absolute atomic E-state index is 0.0858. The van der Waals surface area contributed by atoms with Gasteiger partial charge in [-0.05, 0) is 37.0 Å². The predicted molar refractivity (Wildman–Crippen MR) is 135 cm³/mol. The zero-order valence-electron chi connectivity index (χ0n) is 20.4. The van der Waals surface area contributed by atoms with Gasteiger partial charge >= 0.3 is 0 Å². The third-order valence-corrected chi connectivity index (χ3v) is 6.75. The van der Waals surface area contributed by atoms with E-state index in [4.69, 9.17) is 14.2 Å². The Balaban J connectivity index is 1.45. The summed E-state index contributed by atoms with van der Waals surface area (Å²) in [5, 5.41) is 4.37. The van der Waals surface area contributed by atoms with Gasteiger partial charge in [-0.1, -0.05) is 36.4 Å². The summed E-state index contributed by atoms with van der Waals surface area (Å²) in [5.41, 5.74) is 3.37. The van der Waals surface area contributed by atoms with Crippen LogP contribution in [0.4, 0.5) is 0 Å². The molecule has 0 radical (unpaired) electrons. The molecular weight excluding hydrogens is 442 g/mol. The Morgan fingerprint density at radius 2 is 2.03 bits per heavy atom. The number of carbonyl (C=O) groups is 1. The van der Waals surface area contributed by atoms with E-state index in [1.807, 2.05) is 35.2 Å². The standard InChI is InChI=1S/C28H35N3O4/c1-33-15-6-14-30-18-22(19-31(23-11-12-23)28(32)26-17-29-13-16-34-26)27-24(30)9-5-10-25(27)35-20-21-7-3-2-4-8-21/h2-5,7-10,18,23,26,29H,6,11-17,19-20H2,1H3/t26-/m1/s1. The molecule has 2 heterocycles. The number of nitrogens with zero attached hydrogens (tertiary/aromatic N) is 2. The third-order valence-electron chi connectivity index (χ3n) is 6.75. The molecule has 1 aromatic heterocycles. The van der Waals surface area contributed by atoms with Gasteiger partial charge in [-0.15, -0.1) is 0 Å². The lowest BCUT2D eigenvalue weighted by Gasteiger charge is -2.30. The summed E-state index contributed by atoms with van der Waals surface area (Å²) in [4.78, 5) is 15.5. The van der Waals surface area contributed by atoms with E-state index in [1.54, 1.807) is 7.11 Å². The second kappa shape index (κ2) is 11.2. The first-order chi connectivity index (χ1) is 17.2. The van der Waals surface area contributed by atoms with Gasteiger partial charge in [-0.25, -0.2) is 0 Å². The summed E-state index contributed by atoms with van der Waals surface area (Å²) in [6.07, 6.45) is 4.80. The third kappa shape index (κ3) is 5.69. The summed E-state index contributed by atoms with van der Waals surface area (Å²) in [6.45, 7) is 4.56. The van der Waals surface area contributed by atoms with E-state index in [-0.39, 0.29) is 11.9 Å². The lowest BCUT2D eigenvalue weighted by atomic mass is 10.1. The maximum absolute atomic E-state index is 13.4. The molecule has 186 valence electrons. The fourth-order valence-electron chi connectivity index (χ4n) is 4.81. The number of benzene rings is 2. The molecule has 2 aliphatic rings.